The minimum atomic E-state index is -0.151. The Morgan fingerprint density at radius 1 is 1.46 bits per heavy atom. The van der Waals surface area contributed by atoms with E-state index in [0.29, 0.717) is 0 Å². The Hall–Kier alpha value is -0.610. The first-order chi connectivity index (χ1) is 6.22. The van der Waals surface area contributed by atoms with Crippen molar-refractivity contribution in [1.82, 2.24) is 0 Å². The van der Waals surface area contributed by atoms with Crippen LogP contribution in [-0.2, 0) is 14.3 Å². The monoisotopic (exact) mass is 185 g/mol. The molecule has 4 atom stereocenters. The molecule has 4 unspecified atom stereocenters. The van der Waals surface area contributed by atoms with Gasteiger partial charge in [0.05, 0.1) is 25.2 Å². The number of hydrogen-bond acceptors (Lipinski definition) is 4. The molecule has 0 aromatic heterocycles. The molecule has 0 amide bonds. The summed E-state index contributed by atoms with van der Waals surface area (Å²) in [5.41, 5.74) is 5.84. The van der Waals surface area contributed by atoms with Gasteiger partial charge >= 0.3 is 5.97 Å². The Morgan fingerprint density at radius 3 is 2.85 bits per heavy atom. The quantitative estimate of drug-likeness (QED) is 0.586. The zero-order chi connectivity index (χ0) is 9.42. The van der Waals surface area contributed by atoms with Crippen molar-refractivity contribution in [2.45, 2.75) is 37.5 Å². The predicted octanol–water partition coefficient (Wildman–Crippen LogP) is 0.0542. The smallest absolute Gasteiger partial charge is 0.311 e. The van der Waals surface area contributed by atoms with E-state index in [9.17, 15) is 4.79 Å². The molecule has 4 heteroatoms. The van der Waals surface area contributed by atoms with Gasteiger partial charge in [-0.3, -0.25) is 4.79 Å². The molecule has 2 N–H and O–H groups in total. The molecule has 2 bridgehead atoms. The predicted molar refractivity (Wildman–Crippen MR) is 46.0 cm³/mol. The minimum absolute atomic E-state index is 0.0530. The molecule has 0 radical (unpaired) electrons. The van der Waals surface area contributed by atoms with E-state index < -0.39 is 0 Å². The van der Waals surface area contributed by atoms with Gasteiger partial charge in [-0.05, 0) is 19.3 Å². The highest BCUT2D eigenvalue weighted by Crippen LogP contribution is 2.36. The Bertz CT molecular complexity index is 219. The molecule has 13 heavy (non-hydrogen) atoms. The molecule has 2 heterocycles. The van der Waals surface area contributed by atoms with Crippen LogP contribution in [0.4, 0.5) is 0 Å². The Kier molecular flexibility index (Phi) is 2.26. The highest BCUT2D eigenvalue weighted by Gasteiger charge is 2.45. The second-order valence-corrected chi connectivity index (χ2v) is 3.82. The molecule has 0 aromatic carbocycles. The molecule has 0 saturated carbocycles. The second-order valence-electron chi connectivity index (χ2n) is 3.82. The summed E-state index contributed by atoms with van der Waals surface area (Å²) >= 11 is 0. The van der Waals surface area contributed by atoms with Crippen LogP contribution >= 0.6 is 0 Å². The molecule has 2 fully saturated rings. The SMILES string of the molecule is COC(=O)C1CC2OC1CCC2N. The summed E-state index contributed by atoms with van der Waals surface area (Å²) in [7, 11) is 1.42. The first kappa shape index (κ1) is 8.97. The van der Waals surface area contributed by atoms with E-state index in [1.54, 1.807) is 0 Å². The maximum absolute atomic E-state index is 11.3. The molecular weight excluding hydrogens is 170 g/mol. The number of carbonyl (C=O) groups is 1. The zero-order valence-electron chi connectivity index (χ0n) is 7.73. The van der Waals surface area contributed by atoms with Gasteiger partial charge in [0.1, 0.15) is 0 Å². The molecule has 74 valence electrons. The van der Waals surface area contributed by atoms with Crippen molar-refractivity contribution in [1.29, 1.82) is 0 Å². The van der Waals surface area contributed by atoms with Gasteiger partial charge in [0.15, 0.2) is 0 Å². The van der Waals surface area contributed by atoms with Crippen molar-refractivity contribution < 1.29 is 14.3 Å². The van der Waals surface area contributed by atoms with Crippen LogP contribution in [-0.4, -0.2) is 31.3 Å². The maximum Gasteiger partial charge on any atom is 0.311 e. The van der Waals surface area contributed by atoms with E-state index in [-0.39, 0.29) is 30.1 Å². The summed E-state index contributed by atoms with van der Waals surface area (Å²) < 4.78 is 10.3. The van der Waals surface area contributed by atoms with Crippen LogP contribution in [0.15, 0.2) is 0 Å². The van der Waals surface area contributed by atoms with Gasteiger partial charge < -0.3 is 15.2 Å². The first-order valence-corrected chi connectivity index (χ1v) is 4.71. The molecular formula is C9H15NO3. The molecule has 2 saturated heterocycles. The van der Waals surface area contributed by atoms with Gasteiger partial charge in [-0.15, -0.1) is 0 Å². The molecule has 2 rings (SSSR count). The van der Waals surface area contributed by atoms with Crippen LogP contribution in [0.2, 0.25) is 0 Å². The summed E-state index contributed by atoms with van der Waals surface area (Å²) in [6, 6.07) is 0.103. The largest absolute Gasteiger partial charge is 0.469 e. The van der Waals surface area contributed by atoms with Crippen LogP contribution in [0.25, 0.3) is 0 Å². The number of esters is 1. The summed E-state index contributed by atoms with van der Waals surface area (Å²) in [6.45, 7) is 0. The van der Waals surface area contributed by atoms with Gasteiger partial charge in [0, 0.05) is 6.04 Å². The van der Waals surface area contributed by atoms with Crippen molar-refractivity contribution in [2.75, 3.05) is 7.11 Å². The van der Waals surface area contributed by atoms with Crippen molar-refractivity contribution >= 4 is 5.97 Å². The molecule has 0 aromatic rings. The van der Waals surface area contributed by atoms with Crippen molar-refractivity contribution in [3.63, 3.8) is 0 Å². The molecule has 0 spiro atoms. The average molecular weight is 185 g/mol. The Balaban J connectivity index is 2.06. The van der Waals surface area contributed by atoms with Crippen molar-refractivity contribution in [3.05, 3.63) is 0 Å². The number of ether oxygens (including phenoxy) is 2. The lowest BCUT2D eigenvalue weighted by atomic mass is 10.0. The number of hydrogen-bond donors (Lipinski definition) is 1. The normalized spacial score (nSPS) is 43.2. The Labute approximate surface area is 77.4 Å². The molecule has 2 aliphatic rings. The second kappa shape index (κ2) is 3.27. The first-order valence-electron chi connectivity index (χ1n) is 4.71. The van der Waals surface area contributed by atoms with E-state index in [4.69, 9.17) is 15.2 Å². The van der Waals surface area contributed by atoms with Gasteiger partial charge in [-0.25, -0.2) is 0 Å². The van der Waals surface area contributed by atoms with Crippen LogP contribution < -0.4 is 5.73 Å². The van der Waals surface area contributed by atoms with Gasteiger partial charge in [0.25, 0.3) is 0 Å². The summed E-state index contributed by atoms with van der Waals surface area (Å²) in [6.07, 6.45) is 2.71. The summed E-state index contributed by atoms with van der Waals surface area (Å²) in [5, 5.41) is 0. The average Bonchev–Trinajstić information content (AvgIpc) is 2.50. The van der Waals surface area contributed by atoms with Gasteiger partial charge in [0.2, 0.25) is 0 Å². The lowest BCUT2D eigenvalue weighted by Gasteiger charge is -2.26. The van der Waals surface area contributed by atoms with Crippen LogP contribution in [0.1, 0.15) is 19.3 Å². The number of carbonyl (C=O) groups excluding carboxylic acids is 1. The van der Waals surface area contributed by atoms with Gasteiger partial charge in [-0.1, -0.05) is 0 Å². The van der Waals surface area contributed by atoms with Gasteiger partial charge in [-0.2, -0.15) is 0 Å². The van der Waals surface area contributed by atoms with Crippen molar-refractivity contribution in [2.24, 2.45) is 11.7 Å². The maximum atomic E-state index is 11.3. The standard InChI is InChI=1S/C9H15NO3/c1-12-9(11)5-4-8-6(10)2-3-7(5)13-8/h5-8H,2-4,10H2,1H3. The third-order valence-electron chi connectivity index (χ3n) is 3.05. The molecule has 2 aliphatic heterocycles. The zero-order valence-corrected chi connectivity index (χ0v) is 7.73. The summed E-state index contributed by atoms with van der Waals surface area (Å²) in [4.78, 5) is 11.3. The van der Waals surface area contributed by atoms with Crippen LogP contribution in [0, 0.1) is 5.92 Å². The van der Waals surface area contributed by atoms with Crippen LogP contribution in [0.3, 0.4) is 0 Å². The summed E-state index contributed by atoms with van der Waals surface area (Å²) in [5.74, 6) is -0.231. The lowest BCUT2D eigenvalue weighted by Crippen LogP contribution is -2.38. The minimum Gasteiger partial charge on any atom is -0.469 e. The van der Waals surface area contributed by atoms with E-state index in [0.717, 1.165) is 19.3 Å². The highest BCUT2D eigenvalue weighted by atomic mass is 16.5. The fraction of sp³-hybridized carbons (Fsp3) is 0.889. The number of rotatable bonds is 1. The lowest BCUT2D eigenvalue weighted by molar-refractivity contribution is -0.147. The van der Waals surface area contributed by atoms with Crippen LogP contribution in [0.5, 0.6) is 0 Å². The van der Waals surface area contributed by atoms with E-state index in [2.05, 4.69) is 0 Å². The number of fused-ring (bicyclic) bond motifs is 2. The third-order valence-corrected chi connectivity index (χ3v) is 3.05. The fourth-order valence-corrected chi connectivity index (χ4v) is 2.26. The Morgan fingerprint density at radius 2 is 2.23 bits per heavy atom. The highest BCUT2D eigenvalue weighted by molar-refractivity contribution is 5.73. The topological polar surface area (TPSA) is 61.5 Å². The number of methoxy groups -OCH3 is 1. The van der Waals surface area contributed by atoms with E-state index in [1.165, 1.54) is 7.11 Å². The van der Waals surface area contributed by atoms with E-state index in [1.807, 2.05) is 0 Å². The fourth-order valence-electron chi connectivity index (χ4n) is 2.26. The molecule has 0 aliphatic carbocycles. The van der Waals surface area contributed by atoms with E-state index >= 15 is 0 Å². The molecule has 4 nitrogen and oxygen atoms in total. The third kappa shape index (κ3) is 1.44. The van der Waals surface area contributed by atoms with Crippen molar-refractivity contribution in [3.8, 4) is 0 Å². The number of nitrogens with two attached hydrogens (primary N) is 1.